The third kappa shape index (κ3) is 5.26. The molecule has 1 rings (SSSR count). The van der Waals surface area contributed by atoms with E-state index in [0.717, 1.165) is 32.4 Å². The number of ether oxygens (including phenoxy) is 1. The molecule has 0 unspecified atom stereocenters. The van der Waals surface area contributed by atoms with Crippen molar-refractivity contribution < 1.29 is 9.13 Å². The summed E-state index contributed by atoms with van der Waals surface area (Å²) >= 11 is 0. The van der Waals surface area contributed by atoms with E-state index in [0.29, 0.717) is 17.7 Å². The van der Waals surface area contributed by atoms with Crippen molar-refractivity contribution in [2.24, 2.45) is 0 Å². The van der Waals surface area contributed by atoms with Crippen LogP contribution in [0.15, 0.2) is 18.2 Å². The Bertz CT molecular complexity index is 401. The molecule has 0 aliphatic carbocycles. The first kappa shape index (κ1) is 14.6. The molecule has 0 aliphatic heterocycles. The zero-order chi connectivity index (χ0) is 13.2. The van der Waals surface area contributed by atoms with Crippen molar-refractivity contribution in [3.05, 3.63) is 35.1 Å². The molecule has 0 spiro atoms. The van der Waals surface area contributed by atoms with Crippen molar-refractivity contribution in [1.82, 2.24) is 5.32 Å². The van der Waals surface area contributed by atoms with Gasteiger partial charge in [0.2, 0.25) is 0 Å². The number of nitrogens with one attached hydrogen (secondary N) is 1. The van der Waals surface area contributed by atoms with Crippen LogP contribution in [0.5, 0.6) is 0 Å². The van der Waals surface area contributed by atoms with Gasteiger partial charge in [-0.1, -0.05) is 0 Å². The molecule has 0 bridgehead atoms. The predicted octanol–water partition coefficient (Wildman–Crippen LogP) is 2.60. The molecular formula is C14H19FN2O. The van der Waals surface area contributed by atoms with Crippen molar-refractivity contribution >= 4 is 0 Å². The predicted molar refractivity (Wildman–Crippen MR) is 68.5 cm³/mol. The molecular weight excluding hydrogens is 231 g/mol. The average molecular weight is 250 g/mol. The Labute approximate surface area is 108 Å². The molecule has 0 aliphatic rings. The molecule has 1 aromatic carbocycles. The Balaban J connectivity index is 2.25. The van der Waals surface area contributed by atoms with Crippen LogP contribution in [0.2, 0.25) is 0 Å². The number of methoxy groups -OCH3 is 1. The molecule has 0 saturated heterocycles. The molecule has 3 nitrogen and oxygen atoms in total. The summed E-state index contributed by atoms with van der Waals surface area (Å²) in [6.07, 6.45) is 3.20. The lowest BCUT2D eigenvalue weighted by molar-refractivity contribution is 0.192. The van der Waals surface area contributed by atoms with Crippen LogP contribution in [0.4, 0.5) is 4.39 Å². The molecule has 0 fully saturated rings. The summed E-state index contributed by atoms with van der Waals surface area (Å²) in [7, 11) is 1.70. The third-order valence-corrected chi connectivity index (χ3v) is 2.69. The van der Waals surface area contributed by atoms with Crippen LogP contribution in [0.25, 0.3) is 0 Å². The smallest absolute Gasteiger partial charge is 0.127 e. The topological polar surface area (TPSA) is 45.0 Å². The van der Waals surface area contributed by atoms with E-state index < -0.39 is 0 Å². The standard InChI is InChI=1S/C14H19FN2O/c1-18-8-4-2-3-7-17-11-13-9-12(10-16)5-6-14(13)15/h5-6,9,17H,2-4,7-8,11H2,1H3. The largest absolute Gasteiger partial charge is 0.385 e. The summed E-state index contributed by atoms with van der Waals surface area (Å²) in [5, 5.41) is 11.9. The van der Waals surface area contributed by atoms with Gasteiger partial charge in [0.15, 0.2) is 0 Å². The number of rotatable bonds is 8. The van der Waals surface area contributed by atoms with Gasteiger partial charge >= 0.3 is 0 Å². The molecule has 1 N–H and O–H groups in total. The zero-order valence-corrected chi connectivity index (χ0v) is 10.7. The van der Waals surface area contributed by atoms with Crippen LogP contribution >= 0.6 is 0 Å². The number of halogens is 1. The second kappa shape index (κ2) is 8.62. The number of nitrogens with zero attached hydrogens (tertiary/aromatic N) is 1. The molecule has 0 radical (unpaired) electrons. The summed E-state index contributed by atoms with van der Waals surface area (Å²) < 4.78 is 18.4. The highest BCUT2D eigenvalue weighted by Gasteiger charge is 2.02. The summed E-state index contributed by atoms with van der Waals surface area (Å²) in [4.78, 5) is 0. The Morgan fingerprint density at radius 2 is 2.17 bits per heavy atom. The summed E-state index contributed by atoms with van der Waals surface area (Å²) in [6, 6.07) is 6.43. The first-order chi connectivity index (χ1) is 8.77. The molecule has 0 amide bonds. The Morgan fingerprint density at radius 1 is 1.33 bits per heavy atom. The van der Waals surface area contributed by atoms with Gasteiger partial charge in [0.05, 0.1) is 11.6 Å². The van der Waals surface area contributed by atoms with Gasteiger partial charge in [-0.3, -0.25) is 0 Å². The average Bonchev–Trinajstić information content (AvgIpc) is 2.39. The van der Waals surface area contributed by atoms with E-state index in [2.05, 4.69) is 5.32 Å². The lowest BCUT2D eigenvalue weighted by atomic mass is 10.1. The maximum absolute atomic E-state index is 13.4. The first-order valence-corrected chi connectivity index (χ1v) is 6.16. The van der Waals surface area contributed by atoms with Gasteiger partial charge < -0.3 is 10.1 Å². The number of hydrogen-bond acceptors (Lipinski definition) is 3. The zero-order valence-electron chi connectivity index (χ0n) is 10.7. The third-order valence-electron chi connectivity index (χ3n) is 2.69. The van der Waals surface area contributed by atoms with Crippen LogP contribution in [0.3, 0.4) is 0 Å². The lowest BCUT2D eigenvalue weighted by Crippen LogP contribution is -2.15. The number of nitriles is 1. The van der Waals surface area contributed by atoms with Gasteiger partial charge in [-0.25, -0.2) is 4.39 Å². The molecule has 0 atom stereocenters. The first-order valence-electron chi connectivity index (χ1n) is 6.16. The van der Waals surface area contributed by atoms with Crippen LogP contribution in [0.1, 0.15) is 30.4 Å². The fourth-order valence-corrected chi connectivity index (χ4v) is 1.68. The minimum Gasteiger partial charge on any atom is -0.385 e. The second-order valence-corrected chi connectivity index (χ2v) is 4.15. The van der Waals surface area contributed by atoms with Crippen molar-refractivity contribution in [3.63, 3.8) is 0 Å². The molecule has 0 saturated carbocycles. The van der Waals surface area contributed by atoms with Crippen molar-refractivity contribution in [1.29, 1.82) is 5.26 Å². The summed E-state index contributed by atoms with van der Waals surface area (Å²) in [5.41, 5.74) is 1.04. The molecule has 0 aromatic heterocycles. The number of hydrogen-bond donors (Lipinski definition) is 1. The van der Waals surface area contributed by atoms with E-state index >= 15 is 0 Å². The molecule has 98 valence electrons. The van der Waals surface area contributed by atoms with E-state index in [1.165, 1.54) is 12.1 Å². The number of benzene rings is 1. The van der Waals surface area contributed by atoms with Crippen molar-refractivity contribution in [2.75, 3.05) is 20.3 Å². The highest BCUT2D eigenvalue weighted by Crippen LogP contribution is 2.09. The van der Waals surface area contributed by atoms with E-state index in [9.17, 15) is 4.39 Å². The normalized spacial score (nSPS) is 10.3. The van der Waals surface area contributed by atoms with Crippen LogP contribution in [-0.4, -0.2) is 20.3 Å². The van der Waals surface area contributed by atoms with Gasteiger partial charge in [0.25, 0.3) is 0 Å². The fraction of sp³-hybridized carbons (Fsp3) is 0.500. The van der Waals surface area contributed by atoms with E-state index in [1.54, 1.807) is 13.2 Å². The fourth-order valence-electron chi connectivity index (χ4n) is 1.68. The SMILES string of the molecule is COCCCCCNCc1cc(C#N)ccc1F. The van der Waals surface area contributed by atoms with Gasteiger partial charge in [-0.2, -0.15) is 5.26 Å². The van der Waals surface area contributed by atoms with Gasteiger partial charge in [-0.15, -0.1) is 0 Å². The Morgan fingerprint density at radius 3 is 2.89 bits per heavy atom. The monoisotopic (exact) mass is 250 g/mol. The van der Waals surface area contributed by atoms with Crippen molar-refractivity contribution in [2.45, 2.75) is 25.8 Å². The Kier molecular flexibility index (Phi) is 7.00. The summed E-state index contributed by atoms with van der Waals surface area (Å²) in [5.74, 6) is -0.263. The van der Waals surface area contributed by atoms with Gasteiger partial charge in [0, 0.05) is 25.8 Å². The molecule has 18 heavy (non-hydrogen) atoms. The van der Waals surface area contributed by atoms with Gasteiger partial charge in [-0.05, 0) is 44.0 Å². The lowest BCUT2D eigenvalue weighted by Gasteiger charge is -2.06. The van der Waals surface area contributed by atoms with Crippen LogP contribution in [-0.2, 0) is 11.3 Å². The maximum atomic E-state index is 13.4. The van der Waals surface area contributed by atoms with E-state index in [1.807, 2.05) is 6.07 Å². The summed E-state index contributed by atoms with van der Waals surface area (Å²) in [6.45, 7) is 2.10. The highest BCUT2D eigenvalue weighted by molar-refractivity contribution is 5.33. The van der Waals surface area contributed by atoms with E-state index in [4.69, 9.17) is 10.00 Å². The van der Waals surface area contributed by atoms with Gasteiger partial charge in [0.1, 0.15) is 5.82 Å². The van der Waals surface area contributed by atoms with Crippen molar-refractivity contribution in [3.8, 4) is 6.07 Å². The molecule has 0 heterocycles. The number of unbranched alkanes of at least 4 members (excludes halogenated alkanes) is 2. The maximum Gasteiger partial charge on any atom is 0.127 e. The Hall–Kier alpha value is -1.44. The second-order valence-electron chi connectivity index (χ2n) is 4.15. The highest BCUT2D eigenvalue weighted by atomic mass is 19.1. The van der Waals surface area contributed by atoms with Crippen LogP contribution in [0, 0.1) is 17.1 Å². The van der Waals surface area contributed by atoms with E-state index in [-0.39, 0.29) is 5.82 Å². The quantitative estimate of drug-likeness (QED) is 0.721. The minimum absolute atomic E-state index is 0.263. The molecule has 1 aromatic rings. The minimum atomic E-state index is -0.263. The molecule has 4 heteroatoms. The van der Waals surface area contributed by atoms with Crippen LogP contribution < -0.4 is 5.32 Å².